The van der Waals surface area contributed by atoms with Crippen LogP contribution in [0.4, 0.5) is 10.5 Å². The molecule has 0 spiro atoms. The van der Waals surface area contributed by atoms with Crippen LogP contribution in [0, 0.1) is 6.92 Å². The molecule has 1 aliphatic heterocycles. The van der Waals surface area contributed by atoms with Crippen LogP contribution in [0.5, 0.6) is 0 Å². The highest BCUT2D eigenvalue weighted by Gasteiger charge is 2.21. The molecule has 0 aliphatic carbocycles. The number of nitrogens with zero attached hydrogens (tertiary/aromatic N) is 4. The first-order chi connectivity index (χ1) is 12.2. The first-order valence-electron chi connectivity index (χ1n) is 8.39. The molecule has 3 rings (SSSR count). The SMILES string of the molecule is Cc1ccc(N=NN2CCN(C(=O)OCc3ccccc3)CC2)cc1. The number of benzene rings is 2. The number of amides is 1. The lowest BCUT2D eigenvalue weighted by Gasteiger charge is -2.31. The maximum atomic E-state index is 12.1. The number of aryl methyl sites for hydroxylation is 1. The van der Waals surface area contributed by atoms with Crippen molar-refractivity contribution in [3.63, 3.8) is 0 Å². The summed E-state index contributed by atoms with van der Waals surface area (Å²) in [7, 11) is 0. The van der Waals surface area contributed by atoms with E-state index in [4.69, 9.17) is 4.74 Å². The molecule has 25 heavy (non-hydrogen) atoms. The number of ether oxygens (including phenoxy) is 1. The van der Waals surface area contributed by atoms with Crippen molar-refractivity contribution >= 4 is 11.8 Å². The van der Waals surface area contributed by atoms with E-state index in [0.29, 0.717) is 32.8 Å². The number of hydrogen-bond acceptors (Lipinski definition) is 4. The maximum absolute atomic E-state index is 12.1. The lowest BCUT2D eigenvalue weighted by Crippen LogP contribution is -2.46. The van der Waals surface area contributed by atoms with E-state index in [0.717, 1.165) is 11.3 Å². The van der Waals surface area contributed by atoms with Gasteiger partial charge in [0.2, 0.25) is 0 Å². The average molecular weight is 338 g/mol. The number of rotatable bonds is 4. The van der Waals surface area contributed by atoms with Crippen molar-refractivity contribution in [1.29, 1.82) is 0 Å². The number of hydrogen-bond donors (Lipinski definition) is 0. The summed E-state index contributed by atoms with van der Waals surface area (Å²) in [4.78, 5) is 13.8. The summed E-state index contributed by atoms with van der Waals surface area (Å²) in [6.07, 6.45) is -0.279. The van der Waals surface area contributed by atoms with Gasteiger partial charge in [0.05, 0.1) is 18.8 Å². The molecule has 1 heterocycles. The van der Waals surface area contributed by atoms with Crippen LogP contribution < -0.4 is 0 Å². The highest BCUT2D eigenvalue weighted by molar-refractivity contribution is 5.67. The summed E-state index contributed by atoms with van der Waals surface area (Å²) >= 11 is 0. The van der Waals surface area contributed by atoms with Crippen molar-refractivity contribution in [2.24, 2.45) is 10.3 Å². The van der Waals surface area contributed by atoms with Crippen LogP contribution >= 0.6 is 0 Å². The third-order valence-electron chi connectivity index (χ3n) is 4.04. The van der Waals surface area contributed by atoms with Crippen molar-refractivity contribution in [3.8, 4) is 0 Å². The van der Waals surface area contributed by atoms with Gasteiger partial charge in [0, 0.05) is 13.1 Å². The van der Waals surface area contributed by atoms with Gasteiger partial charge in [-0.3, -0.25) is 5.01 Å². The predicted molar refractivity (Wildman–Crippen MR) is 95.5 cm³/mol. The quantitative estimate of drug-likeness (QED) is 0.793. The predicted octanol–water partition coefficient (Wildman–Crippen LogP) is 3.95. The molecule has 0 atom stereocenters. The lowest BCUT2D eigenvalue weighted by atomic mass is 10.2. The smallest absolute Gasteiger partial charge is 0.410 e. The summed E-state index contributed by atoms with van der Waals surface area (Å²) in [6, 6.07) is 17.6. The van der Waals surface area contributed by atoms with Crippen molar-refractivity contribution in [3.05, 3.63) is 65.7 Å². The van der Waals surface area contributed by atoms with E-state index in [1.165, 1.54) is 5.56 Å². The van der Waals surface area contributed by atoms with Gasteiger partial charge in [0.25, 0.3) is 0 Å². The fourth-order valence-electron chi connectivity index (χ4n) is 2.50. The van der Waals surface area contributed by atoms with Crippen molar-refractivity contribution in [2.45, 2.75) is 13.5 Å². The minimum atomic E-state index is -0.279. The molecular formula is C19H22N4O2. The van der Waals surface area contributed by atoms with Gasteiger partial charge in [-0.25, -0.2) is 4.79 Å². The van der Waals surface area contributed by atoms with E-state index < -0.39 is 0 Å². The third-order valence-corrected chi connectivity index (χ3v) is 4.04. The van der Waals surface area contributed by atoms with Gasteiger partial charge in [-0.15, -0.1) is 5.11 Å². The average Bonchev–Trinajstić information content (AvgIpc) is 2.67. The molecule has 2 aromatic rings. The molecule has 6 heteroatoms. The Kier molecular flexibility index (Phi) is 5.61. The fraction of sp³-hybridized carbons (Fsp3) is 0.316. The second-order valence-corrected chi connectivity index (χ2v) is 6.01. The van der Waals surface area contributed by atoms with Crippen LogP contribution in [0.1, 0.15) is 11.1 Å². The second-order valence-electron chi connectivity index (χ2n) is 6.01. The van der Waals surface area contributed by atoms with Crippen LogP contribution in [0.25, 0.3) is 0 Å². The summed E-state index contributed by atoms with van der Waals surface area (Å²) in [6.45, 7) is 4.80. The first-order valence-corrected chi connectivity index (χ1v) is 8.39. The van der Waals surface area contributed by atoms with Crippen LogP contribution in [-0.2, 0) is 11.3 Å². The van der Waals surface area contributed by atoms with Gasteiger partial charge in [0.15, 0.2) is 0 Å². The molecule has 6 nitrogen and oxygen atoms in total. The molecule has 1 saturated heterocycles. The Labute approximate surface area is 147 Å². The summed E-state index contributed by atoms with van der Waals surface area (Å²) < 4.78 is 5.36. The largest absolute Gasteiger partial charge is 0.445 e. The Bertz CT molecular complexity index is 708. The molecule has 0 saturated carbocycles. The molecule has 0 aromatic heterocycles. The van der Waals surface area contributed by atoms with E-state index in [9.17, 15) is 4.79 Å². The lowest BCUT2D eigenvalue weighted by molar-refractivity contribution is 0.0706. The summed E-state index contributed by atoms with van der Waals surface area (Å²) in [5.74, 6) is 0. The molecule has 1 amide bonds. The zero-order chi connectivity index (χ0) is 17.5. The molecule has 130 valence electrons. The van der Waals surface area contributed by atoms with Crippen molar-refractivity contribution in [1.82, 2.24) is 9.91 Å². The van der Waals surface area contributed by atoms with E-state index in [-0.39, 0.29) is 6.09 Å². The monoisotopic (exact) mass is 338 g/mol. The minimum absolute atomic E-state index is 0.279. The molecule has 1 aliphatic rings. The third kappa shape index (κ3) is 5.04. The zero-order valence-corrected chi connectivity index (χ0v) is 14.3. The van der Waals surface area contributed by atoms with E-state index in [1.807, 2.05) is 66.5 Å². The molecule has 0 unspecified atom stereocenters. The molecule has 0 N–H and O–H groups in total. The van der Waals surface area contributed by atoms with Gasteiger partial charge < -0.3 is 9.64 Å². The van der Waals surface area contributed by atoms with Gasteiger partial charge in [-0.1, -0.05) is 53.3 Å². The highest BCUT2D eigenvalue weighted by atomic mass is 16.6. The van der Waals surface area contributed by atoms with Crippen LogP contribution in [-0.4, -0.2) is 42.2 Å². The zero-order valence-electron chi connectivity index (χ0n) is 14.3. The van der Waals surface area contributed by atoms with Gasteiger partial charge in [-0.05, 0) is 24.6 Å². The topological polar surface area (TPSA) is 57.5 Å². The van der Waals surface area contributed by atoms with Gasteiger partial charge in [0.1, 0.15) is 6.61 Å². The van der Waals surface area contributed by atoms with Crippen LogP contribution in [0.3, 0.4) is 0 Å². The fourth-order valence-corrected chi connectivity index (χ4v) is 2.50. The maximum Gasteiger partial charge on any atom is 0.410 e. The first kappa shape index (κ1) is 17.0. The second kappa shape index (κ2) is 8.28. The normalized spacial score (nSPS) is 14.8. The Morgan fingerprint density at radius 3 is 2.36 bits per heavy atom. The Morgan fingerprint density at radius 2 is 1.68 bits per heavy atom. The Balaban J connectivity index is 1.43. The van der Waals surface area contributed by atoms with Crippen molar-refractivity contribution < 1.29 is 9.53 Å². The highest BCUT2D eigenvalue weighted by Crippen LogP contribution is 2.14. The molecular weight excluding hydrogens is 316 g/mol. The molecule has 0 radical (unpaired) electrons. The number of carbonyl (C=O) groups excluding carboxylic acids is 1. The van der Waals surface area contributed by atoms with Gasteiger partial charge in [-0.2, -0.15) is 0 Å². The molecule has 1 fully saturated rings. The minimum Gasteiger partial charge on any atom is -0.445 e. The summed E-state index contributed by atoms with van der Waals surface area (Å²) in [5.41, 5.74) is 3.01. The standard InChI is InChI=1S/C19H22N4O2/c1-16-7-9-18(10-8-16)20-21-23-13-11-22(12-14-23)19(24)25-15-17-5-3-2-4-6-17/h2-10H,11-15H2,1H3. The van der Waals surface area contributed by atoms with Gasteiger partial charge >= 0.3 is 6.09 Å². The van der Waals surface area contributed by atoms with Crippen LogP contribution in [0.2, 0.25) is 0 Å². The van der Waals surface area contributed by atoms with Crippen molar-refractivity contribution in [2.75, 3.05) is 26.2 Å². The number of piperazine rings is 1. The molecule has 2 aromatic carbocycles. The number of carbonyl (C=O) groups is 1. The van der Waals surface area contributed by atoms with E-state index >= 15 is 0 Å². The van der Waals surface area contributed by atoms with E-state index in [2.05, 4.69) is 10.3 Å². The Hall–Kier alpha value is -2.89. The van der Waals surface area contributed by atoms with Crippen LogP contribution in [0.15, 0.2) is 64.9 Å². The Morgan fingerprint density at radius 1 is 1.00 bits per heavy atom. The summed E-state index contributed by atoms with van der Waals surface area (Å²) in [5, 5.41) is 10.4. The molecule has 0 bridgehead atoms. The van der Waals surface area contributed by atoms with E-state index in [1.54, 1.807) is 4.90 Å².